The number of rotatable bonds is 6. The number of anilines is 1. The second-order valence-electron chi connectivity index (χ2n) is 3.66. The number of hydrogen-bond donors (Lipinski definition) is 3. The van der Waals surface area contributed by atoms with E-state index in [0.29, 0.717) is 0 Å². The molecule has 7 nitrogen and oxygen atoms in total. The lowest BCUT2D eigenvalue weighted by Gasteiger charge is -2.15. The molecule has 0 spiro atoms. The first kappa shape index (κ1) is 14.8. The normalized spacial score (nSPS) is 11.1. The minimum atomic E-state index is -3.43. The first-order chi connectivity index (χ1) is 8.76. The van der Waals surface area contributed by atoms with Crippen LogP contribution in [0.1, 0.15) is 10.4 Å². The third-order valence-corrected chi connectivity index (χ3v) is 2.21. The number of aliphatic hydroxyl groups excluding tert-OH is 1. The van der Waals surface area contributed by atoms with Crippen LogP contribution in [-0.4, -0.2) is 40.2 Å². The van der Waals surface area contributed by atoms with Crippen LogP contribution in [0.2, 0.25) is 0 Å². The van der Waals surface area contributed by atoms with Crippen molar-refractivity contribution in [3.8, 4) is 0 Å². The minimum Gasteiger partial charge on any atom is -0.478 e. The first-order valence-electron chi connectivity index (χ1n) is 5.01. The SMILES string of the molecule is O=C(O)c1ccc(NCC(F)(F)CO)c([N+](=O)[O-])c1. The Hall–Kier alpha value is -2.29. The van der Waals surface area contributed by atoms with Gasteiger partial charge in [-0.05, 0) is 12.1 Å². The van der Waals surface area contributed by atoms with E-state index in [1.165, 1.54) is 0 Å². The Bertz CT molecular complexity index is 507. The highest BCUT2D eigenvalue weighted by molar-refractivity contribution is 5.89. The van der Waals surface area contributed by atoms with E-state index < -0.39 is 35.7 Å². The molecular formula is C10H10F2N2O5. The van der Waals surface area contributed by atoms with Gasteiger partial charge in [-0.3, -0.25) is 10.1 Å². The molecule has 0 bridgehead atoms. The number of benzene rings is 1. The molecule has 9 heteroatoms. The second-order valence-corrected chi connectivity index (χ2v) is 3.66. The van der Waals surface area contributed by atoms with Gasteiger partial charge in [0.2, 0.25) is 0 Å². The number of alkyl halides is 2. The van der Waals surface area contributed by atoms with Crippen LogP contribution in [0.15, 0.2) is 18.2 Å². The predicted molar refractivity (Wildman–Crippen MR) is 60.6 cm³/mol. The third-order valence-electron chi connectivity index (χ3n) is 2.21. The molecule has 1 aromatic carbocycles. The summed E-state index contributed by atoms with van der Waals surface area (Å²) in [7, 11) is 0. The smallest absolute Gasteiger partial charge is 0.335 e. The van der Waals surface area contributed by atoms with Crippen LogP contribution >= 0.6 is 0 Å². The number of aliphatic hydroxyl groups is 1. The topological polar surface area (TPSA) is 113 Å². The van der Waals surface area contributed by atoms with Crippen LogP contribution in [0, 0.1) is 10.1 Å². The summed E-state index contributed by atoms with van der Waals surface area (Å²) < 4.78 is 25.6. The lowest BCUT2D eigenvalue weighted by molar-refractivity contribution is -0.384. The minimum absolute atomic E-state index is 0.247. The summed E-state index contributed by atoms with van der Waals surface area (Å²) in [5, 5.41) is 29.9. The highest BCUT2D eigenvalue weighted by atomic mass is 19.3. The van der Waals surface area contributed by atoms with Crippen LogP contribution in [-0.2, 0) is 0 Å². The Balaban J connectivity index is 3.01. The van der Waals surface area contributed by atoms with Gasteiger partial charge in [-0.1, -0.05) is 0 Å². The second kappa shape index (κ2) is 5.57. The molecule has 3 N–H and O–H groups in total. The number of carbonyl (C=O) groups is 1. The molecule has 0 aliphatic rings. The van der Waals surface area contributed by atoms with Gasteiger partial charge in [0.05, 0.1) is 17.0 Å². The number of hydrogen-bond acceptors (Lipinski definition) is 5. The van der Waals surface area contributed by atoms with E-state index in [1.807, 2.05) is 0 Å². The molecule has 0 aliphatic heterocycles. The monoisotopic (exact) mass is 276 g/mol. The van der Waals surface area contributed by atoms with Crippen molar-refractivity contribution >= 4 is 17.3 Å². The zero-order valence-electron chi connectivity index (χ0n) is 9.47. The molecule has 1 aromatic rings. The van der Waals surface area contributed by atoms with Crippen LogP contribution in [0.5, 0.6) is 0 Å². The van der Waals surface area contributed by atoms with E-state index in [4.69, 9.17) is 10.2 Å². The zero-order chi connectivity index (χ0) is 14.6. The molecule has 0 atom stereocenters. The van der Waals surface area contributed by atoms with Crippen LogP contribution in [0.25, 0.3) is 0 Å². The maximum absolute atomic E-state index is 12.8. The van der Waals surface area contributed by atoms with Crippen LogP contribution < -0.4 is 5.32 Å². The Kier molecular flexibility index (Phi) is 4.33. The number of aromatic carboxylic acids is 1. The fourth-order valence-electron chi connectivity index (χ4n) is 1.25. The van der Waals surface area contributed by atoms with Crippen molar-refractivity contribution in [2.75, 3.05) is 18.5 Å². The predicted octanol–water partition coefficient (Wildman–Crippen LogP) is 1.33. The number of nitrogens with one attached hydrogen (secondary N) is 1. The summed E-state index contributed by atoms with van der Waals surface area (Å²) in [4.78, 5) is 20.5. The van der Waals surface area contributed by atoms with E-state index in [9.17, 15) is 23.7 Å². The van der Waals surface area contributed by atoms with Gasteiger partial charge < -0.3 is 15.5 Å². The van der Waals surface area contributed by atoms with Crippen molar-refractivity contribution < 1.29 is 28.7 Å². The van der Waals surface area contributed by atoms with E-state index in [-0.39, 0.29) is 11.3 Å². The molecule has 0 unspecified atom stereocenters. The van der Waals surface area contributed by atoms with Crippen molar-refractivity contribution in [3.05, 3.63) is 33.9 Å². The van der Waals surface area contributed by atoms with Gasteiger partial charge in [0.1, 0.15) is 12.3 Å². The molecule has 0 aromatic heterocycles. The third kappa shape index (κ3) is 3.85. The molecule has 0 saturated heterocycles. The molecule has 0 fully saturated rings. The fourth-order valence-corrected chi connectivity index (χ4v) is 1.25. The van der Waals surface area contributed by atoms with E-state index in [0.717, 1.165) is 18.2 Å². The average molecular weight is 276 g/mol. The molecule has 1 rings (SSSR count). The summed E-state index contributed by atoms with van der Waals surface area (Å²) in [5.74, 6) is -4.80. The molecule has 0 saturated carbocycles. The summed E-state index contributed by atoms with van der Waals surface area (Å²) in [6.45, 7) is -2.40. The number of nitrogens with zero attached hydrogens (tertiary/aromatic N) is 1. The number of carboxylic acid groups (broad SMARTS) is 1. The van der Waals surface area contributed by atoms with E-state index >= 15 is 0 Å². The summed E-state index contributed by atoms with van der Waals surface area (Å²) in [5.41, 5.74) is -1.21. The van der Waals surface area contributed by atoms with Gasteiger partial charge in [-0.2, -0.15) is 0 Å². The van der Waals surface area contributed by atoms with Gasteiger partial charge >= 0.3 is 5.97 Å². The van der Waals surface area contributed by atoms with Crippen molar-refractivity contribution in [1.82, 2.24) is 0 Å². The molecule has 0 heterocycles. The maximum Gasteiger partial charge on any atom is 0.335 e. The van der Waals surface area contributed by atoms with Gasteiger partial charge in [0, 0.05) is 6.07 Å². The maximum atomic E-state index is 12.8. The van der Waals surface area contributed by atoms with Crippen molar-refractivity contribution in [2.24, 2.45) is 0 Å². The quantitative estimate of drug-likeness (QED) is 0.533. The van der Waals surface area contributed by atoms with Gasteiger partial charge in [0.15, 0.2) is 0 Å². The van der Waals surface area contributed by atoms with Crippen LogP contribution in [0.3, 0.4) is 0 Å². The number of halogens is 2. The lowest BCUT2D eigenvalue weighted by atomic mass is 10.1. The van der Waals surface area contributed by atoms with Crippen molar-refractivity contribution in [1.29, 1.82) is 0 Å². The largest absolute Gasteiger partial charge is 0.478 e. The molecule has 0 amide bonds. The van der Waals surface area contributed by atoms with Gasteiger partial charge in [-0.15, -0.1) is 0 Å². The molecule has 19 heavy (non-hydrogen) atoms. The lowest BCUT2D eigenvalue weighted by Crippen LogP contribution is -2.31. The Morgan fingerprint density at radius 3 is 2.58 bits per heavy atom. The highest BCUT2D eigenvalue weighted by Crippen LogP contribution is 2.26. The average Bonchev–Trinajstić information content (AvgIpc) is 2.36. The first-order valence-corrected chi connectivity index (χ1v) is 5.01. The van der Waals surface area contributed by atoms with Gasteiger partial charge in [0.25, 0.3) is 11.6 Å². The number of nitro groups is 1. The highest BCUT2D eigenvalue weighted by Gasteiger charge is 2.28. The molecule has 104 valence electrons. The van der Waals surface area contributed by atoms with Crippen molar-refractivity contribution in [3.63, 3.8) is 0 Å². The van der Waals surface area contributed by atoms with Gasteiger partial charge in [-0.25, -0.2) is 13.6 Å². The summed E-state index contributed by atoms with van der Waals surface area (Å²) in [6.07, 6.45) is 0. The van der Waals surface area contributed by atoms with E-state index in [1.54, 1.807) is 0 Å². The zero-order valence-corrected chi connectivity index (χ0v) is 9.47. The Morgan fingerprint density at radius 1 is 1.47 bits per heavy atom. The number of nitro benzene ring substituents is 1. The number of carboxylic acids is 1. The molecule has 0 radical (unpaired) electrons. The van der Waals surface area contributed by atoms with Crippen LogP contribution in [0.4, 0.5) is 20.2 Å². The summed E-state index contributed by atoms with van der Waals surface area (Å²) in [6, 6.07) is 2.84. The molecular weight excluding hydrogens is 266 g/mol. The standard InChI is InChI=1S/C10H10F2N2O5/c11-10(12,5-15)4-13-7-2-1-6(9(16)17)3-8(7)14(18)19/h1-3,13,15H,4-5H2,(H,16,17). The Labute approximate surface area is 105 Å². The molecule has 0 aliphatic carbocycles. The fraction of sp³-hybridized carbons (Fsp3) is 0.300. The van der Waals surface area contributed by atoms with Crippen molar-refractivity contribution in [2.45, 2.75) is 5.92 Å². The Morgan fingerprint density at radius 2 is 2.11 bits per heavy atom. The van der Waals surface area contributed by atoms with E-state index in [2.05, 4.69) is 5.32 Å². The summed E-state index contributed by atoms with van der Waals surface area (Å²) >= 11 is 0.